The molecule has 44 heavy (non-hydrogen) atoms. The van der Waals surface area contributed by atoms with Crippen molar-refractivity contribution in [3.63, 3.8) is 0 Å². The van der Waals surface area contributed by atoms with Gasteiger partial charge in [-0.1, -0.05) is 41.7 Å². The third-order valence-electron chi connectivity index (χ3n) is 7.03. The van der Waals surface area contributed by atoms with Crippen LogP contribution in [0.2, 0.25) is 0 Å². The number of para-hydroxylation sites is 1. The quantitative estimate of drug-likeness (QED) is 0.200. The van der Waals surface area contributed by atoms with Crippen molar-refractivity contribution < 1.29 is 23.3 Å². The number of aromatic nitrogens is 1. The Morgan fingerprint density at radius 1 is 1.11 bits per heavy atom. The molecular formula is C32H23FN4O6S. The van der Waals surface area contributed by atoms with Gasteiger partial charge in [0, 0.05) is 23.4 Å². The van der Waals surface area contributed by atoms with Gasteiger partial charge in [-0.3, -0.25) is 24.3 Å². The highest BCUT2D eigenvalue weighted by Gasteiger charge is 2.33. The highest BCUT2D eigenvalue weighted by molar-refractivity contribution is 7.07. The number of nitro benzene ring substituents is 1. The molecule has 10 nitrogen and oxygen atoms in total. The van der Waals surface area contributed by atoms with Gasteiger partial charge in [-0.05, 0) is 61.0 Å². The molecule has 0 bridgehead atoms. The largest absolute Gasteiger partial charge is 0.497 e. The van der Waals surface area contributed by atoms with E-state index in [2.05, 4.69) is 10.3 Å². The summed E-state index contributed by atoms with van der Waals surface area (Å²) in [6.45, 7) is 1.73. The highest BCUT2D eigenvalue weighted by atomic mass is 32.1. The van der Waals surface area contributed by atoms with Gasteiger partial charge in [0.25, 0.3) is 11.5 Å². The number of nitro groups is 1. The van der Waals surface area contributed by atoms with Crippen LogP contribution in [0.1, 0.15) is 24.3 Å². The summed E-state index contributed by atoms with van der Waals surface area (Å²) < 4.78 is 26.9. The van der Waals surface area contributed by atoms with E-state index >= 15 is 0 Å². The second kappa shape index (κ2) is 11.6. The molecule has 1 N–H and O–H groups in total. The highest BCUT2D eigenvalue weighted by Crippen LogP contribution is 2.33. The molecule has 0 saturated heterocycles. The number of ether oxygens (including phenoxy) is 1. The van der Waals surface area contributed by atoms with E-state index in [-0.39, 0.29) is 5.76 Å². The Hall–Kier alpha value is -5.62. The Morgan fingerprint density at radius 3 is 2.66 bits per heavy atom. The van der Waals surface area contributed by atoms with Gasteiger partial charge in [0.15, 0.2) is 4.80 Å². The lowest BCUT2D eigenvalue weighted by atomic mass is 9.95. The van der Waals surface area contributed by atoms with Crippen LogP contribution in [-0.4, -0.2) is 22.5 Å². The van der Waals surface area contributed by atoms with Crippen LogP contribution in [0.5, 0.6) is 5.75 Å². The molecule has 1 amide bonds. The number of carbonyl (C=O) groups is 1. The topological polar surface area (TPSA) is 129 Å². The van der Waals surface area contributed by atoms with Gasteiger partial charge >= 0.3 is 5.69 Å². The average Bonchev–Trinajstić information content (AvgIpc) is 3.61. The van der Waals surface area contributed by atoms with Gasteiger partial charge in [0.2, 0.25) is 5.82 Å². The summed E-state index contributed by atoms with van der Waals surface area (Å²) >= 11 is 1.13. The first-order valence-corrected chi connectivity index (χ1v) is 14.1. The van der Waals surface area contributed by atoms with Gasteiger partial charge in [-0.25, -0.2) is 4.99 Å². The first kappa shape index (κ1) is 28.5. The number of carbonyl (C=O) groups excluding carboxylic acids is 1. The van der Waals surface area contributed by atoms with Crippen LogP contribution >= 0.6 is 11.3 Å². The van der Waals surface area contributed by atoms with Gasteiger partial charge < -0.3 is 14.5 Å². The Labute approximate surface area is 252 Å². The maximum atomic E-state index is 14.0. The molecule has 3 heterocycles. The van der Waals surface area contributed by atoms with Crippen LogP contribution in [0.25, 0.3) is 17.4 Å². The predicted molar refractivity (Wildman–Crippen MR) is 163 cm³/mol. The molecule has 1 aliphatic heterocycles. The van der Waals surface area contributed by atoms with E-state index in [4.69, 9.17) is 9.15 Å². The summed E-state index contributed by atoms with van der Waals surface area (Å²) in [4.78, 5) is 43.1. The summed E-state index contributed by atoms with van der Waals surface area (Å²) in [5.74, 6) is -0.232. The molecule has 3 aromatic carbocycles. The maximum Gasteiger partial charge on any atom is 0.305 e. The number of hydrogen-bond acceptors (Lipinski definition) is 8. The third kappa shape index (κ3) is 5.34. The normalized spacial score (nSPS) is 14.6. The van der Waals surface area contributed by atoms with Crippen molar-refractivity contribution >= 4 is 34.7 Å². The van der Waals surface area contributed by atoms with Gasteiger partial charge in [0.05, 0.1) is 33.9 Å². The third-order valence-corrected chi connectivity index (χ3v) is 8.02. The Bertz CT molecular complexity index is 2150. The number of fused-ring (bicyclic) bond motifs is 1. The van der Waals surface area contributed by atoms with Crippen molar-refractivity contribution in [2.24, 2.45) is 4.99 Å². The Kier molecular flexibility index (Phi) is 7.50. The molecule has 0 saturated carbocycles. The van der Waals surface area contributed by atoms with Crippen LogP contribution in [0, 0.1) is 15.9 Å². The lowest BCUT2D eigenvalue weighted by Gasteiger charge is -2.25. The summed E-state index contributed by atoms with van der Waals surface area (Å²) in [6, 6.07) is 22.0. The number of thiazole rings is 1. The monoisotopic (exact) mass is 610 g/mol. The van der Waals surface area contributed by atoms with Gasteiger partial charge in [0.1, 0.15) is 17.3 Å². The number of rotatable bonds is 7. The van der Waals surface area contributed by atoms with Crippen LogP contribution in [0.3, 0.4) is 0 Å². The van der Waals surface area contributed by atoms with Crippen molar-refractivity contribution in [2.75, 3.05) is 12.4 Å². The zero-order chi connectivity index (χ0) is 31.0. The molecule has 1 aliphatic rings. The molecule has 2 aromatic heterocycles. The molecule has 0 fully saturated rings. The van der Waals surface area contributed by atoms with E-state index in [1.807, 2.05) is 24.3 Å². The molecule has 220 valence electrons. The fraction of sp³-hybridized carbons (Fsp3) is 0.0938. The molecule has 0 spiro atoms. The number of hydrogen-bond donors (Lipinski definition) is 1. The van der Waals surface area contributed by atoms with E-state index in [9.17, 15) is 24.1 Å². The number of nitrogens with one attached hydrogen (secondary N) is 1. The number of halogens is 1. The van der Waals surface area contributed by atoms with E-state index in [1.165, 1.54) is 23.8 Å². The first-order valence-electron chi connectivity index (χ1n) is 13.3. The van der Waals surface area contributed by atoms with Crippen LogP contribution in [0.4, 0.5) is 15.8 Å². The van der Waals surface area contributed by atoms with E-state index < -0.39 is 33.9 Å². The van der Waals surface area contributed by atoms with Gasteiger partial charge in [-0.15, -0.1) is 0 Å². The molecular weight excluding hydrogens is 587 g/mol. The summed E-state index contributed by atoms with van der Waals surface area (Å²) in [7, 11) is 1.54. The van der Waals surface area contributed by atoms with E-state index in [0.717, 1.165) is 23.5 Å². The number of furan rings is 1. The zero-order valence-corrected chi connectivity index (χ0v) is 24.1. The molecule has 12 heteroatoms. The lowest BCUT2D eigenvalue weighted by molar-refractivity contribution is -0.387. The molecule has 1 atom stereocenters. The maximum absolute atomic E-state index is 14.0. The SMILES string of the molecule is COc1cccc([C@@H]2C(C(=O)Nc3ccccc3)=C(C)N=c3s/c(=C\c4ccc(-c5ccc(F)c([N+](=O)[O-])c5)o4)c(=O)n32)c1. The van der Waals surface area contributed by atoms with Crippen molar-refractivity contribution in [3.8, 4) is 17.1 Å². The smallest absolute Gasteiger partial charge is 0.305 e. The number of nitrogens with zero attached hydrogens (tertiary/aromatic N) is 3. The fourth-order valence-corrected chi connectivity index (χ4v) is 6.01. The van der Waals surface area contributed by atoms with Crippen molar-refractivity contribution in [1.82, 2.24) is 4.57 Å². The van der Waals surface area contributed by atoms with Crippen molar-refractivity contribution in [3.05, 3.63) is 143 Å². The fourth-order valence-electron chi connectivity index (χ4n) is 4.98. The standard InChI is InChI=1S/C32H23FN4O6S/c1-18-28(30(38)35-21-8-4-3-5-9-21)29(20-7-6-10-22(15-20)42-2)36-31(39)27(44-32(36)34-18)17-23-12-14-26(43-23)19-11-13-24(33)25(16-19)37(40)41/h3-17,29H,1-2H3,(H,35,38)/b27-17-/t29-/m1/s1. The molecule has 6 rings (SSSR count). The number of benzene rings is 3. The summed E-state index contributed by atoms with van der Waals surface area (Å²) in [6.07, 6.45) is 1.54. The second-order valence-electron chi connectivity index (χ2n) is 9.80. The first-order chi connectivity index (χ1) is 21.2. The van der Waals surface area contributed by atoms with Gasteiger partial charge in [-0.2, -0.15) is 4.39 Å². The second-order valence-corrected chi connectivity index (χ2v) is 10.8. The predicted octanol–water partition coefficient (Wildman–Crippen LogP) is 5.19. The van der Waals surface area contributed by atoms with Crippen LogP contribution in [0.15, 0.2) is 110 Å². The van der Waals surface area contributed by atoms with E-state index in [1.54, 1.807) is 49.4 Å². The van der Waals surface area contributed by atoms with Crippen LogP contribution in [-0.2, 0) is 4.79 Å². The minimum Gasteiger partial charge on any atom is -0.497 e. The molecule has 0 unspecified atom stereocenters. The van der Waals surface area contributed by atoms with Crippen LogP contribution < -0.4 is 24.9 Å². The Balaban J connectivity index is 1.44. The lowest BCUT2D eigenvalue weighted by Crippen LogP contribution is -2.40. The summed E-state index contributed by atoms with van der Waals surface area (Å²) in [5.41, 5.74) is 1.25. The molecule has 0 radical (unpaired) electrons. The summed E-state index contributed by atoms with van der Waals surface area (Å²) in [5, 5.41) is 14.1. The number of amides is 1. The molecule has 0 aliphatic carbocycles. The zero-order valence-electron chi connectivity index (χ0n) is 23.3. The van der Waals surface area contributed by atoms with E-state index in [0.29, 0.717) is 48.9 Å². The molecule has 5 aromatic rings. The number of anilines is 1. The van der Waals surface area contributed by atoms with Crippen molar-refractivity contribution in [2.45, 2.75) is 13.0 Å². The number of methoxy groups -OCH3 is 1. The minimum atomic E-state index is -0.954. The van der Waals surface area contributed by atoms with Crippen molar-refractivity contribution in [1.29, 1.82) is 0 Å². The Morgan fingerprint density at radius 2 is 1.91 bits per heavy atom. The number of allylic oxidation sites excluding steroid dienone is 1. The average molecular weight is 611 g/mol. The minimum absolute atomic E-state index is 0.261.